The Bertz CT molecular complexity index is 572. The van der Waals surface area contributed by atoms with Crippen LogP contribution in [0.3, 0.4) is 0 Å². The van der Waals surface area contributed by atoms with Crippen LogP contribution in [0, 0.1) is 0 Å². The number of amides is 1. The highest BCUT2D eigenvalue weighted by atomic mass is 16.5. The van der Waals surface area contributed by atoms with Gasteiger partial charge in [0, 0.05) is 7.05 Å². The van der Waals surface area contributed by atoms with Crippen LogP contribution >= 0.6 is 0 Å². The molecule has 1 heterocycles. The molecule has 0 bridgehead atoms. The number of hydrogen-bond donors (Lipinski definition) is 2. The number of nitrogens with one attached hydrogen (secondary N) is 2. The van der Waals surface area contributed by atoms with Crippen LogP contribution in [0.15, 0.2) is 42.5 Å². The molecule has 0 saturated heterocycles. The summed E-state index contributed by atoms with van der Waals surface area (Å²) in [5, 5.41) is 13.4. The van der Waals surface area contributed by atoms with Crippen LogP contribution in [0.4, 0.5) is 5.82 Å². The largest absolute Gasteiger partial charge is 0.489 e. The van der Waals surface area contributed by atoms with E-state index in [0.29, 0.717) is 12.4 Å². The number of ether oxygens (including phenoxy) is 1. The predicted molar refractivity (Wildman–Crippen MR) is 80.4 cm³/mol. The summed E-state index contributed by atoms with van der Waals surface area (Å²) in [6, 6.07) is 13.0. The van der Waals surface area contributed by atoms with Gasteiger partial charge in [-0.2, -0.15) is 0 Å². The number of hydrogen-bond acceptors (Lipinski definition) is 5. The number of para-hydroxylation sites is 1. The van der Waals surface area contributed by atoms with Crippen LogP contribution in [0.2, 0.25) is 0 Å². The fourth-order valence-corrected chi connectivity index (χ4v) is 1.70. The maximum atomic E-state index is 11.3. The van der Waals surface area contributed by atoms with E-state index in [-0.39, 0.29) is 17.7 Å². The number of rotatable bonds is 6. The van der Waals surface area contributed by atoms with Crippen molar-refractivity contribution in [1.29, 1.82) is 0 Å². The van der Waals surface area contributed by atoms with Gasteiger partial charge < -0.3 is 15.4 Å². The molecular formula is C15H18N4O2. The average Bonchev–Trinajstić information content (AvgIpc) is 2.53. The van der Waals surface area contributed by atoms with Gasteiger partial charge in [-0.1, -0.05) is 18.2 Å². The van der Waals surface area contributed by atoms with Crippen molar-refractivity contribution in [3.05, 3.63) is 48.2 Å². The minimum Gasteiger partial charge on any atom is -0.489 e. The van der Waals surface area contributed by atoms with E-state index >= 15 is 0 Å². The molecule has 1 atom stereocenters. The van der Waals surface area contributed by atoms with E-state index in [9.17, 15) is 4.79 Å². The minimum atomic E-state index is -0.255. The van der Waals surface area contributed by atoms with Crippen molar-refractivity contribution in [2.24, 2.45) is 0 Å². The average molecular weight is 286 g/mol. The summed E-state index contributed by atoms with van der Waals surface area (Å²) < 4.78 is 5.74. The van der Waals surface area contributed by atoms with Gasteiger partial charge in [0.05, 0.1) is 6.54 Å². The van der Waals surface area contributed by atoms with Crippen LogP contribution in [0.25, 0.3) is 0 Å². The van der Waals surface area contributed by atoms with Crippen molar-refractivity contribution in [3.8, 4) is 5.75 Å². The molecule has 0 fully saturated rings. The Labute approximate surface area is 123 Å². The molecule has 1 amide bonds. The van der Waals surface area contributed by atoms with Crippen molar-refractivity contribution in [1.82, 2.24) is 15.5 Å². The van der Waals surface area contributed by atoms with Crippen LogP contribution in [0.5, 0.6) is 5.75 Å². The number of anilines is 1. The monoisotopic (exact) mass is 286 g/mol. The number of benzene rings is 1. The van der Waals surface area contributed by atoms with Crippen LogP contribution in [0.1, 0.15) is 17.4 Å². The standard InChI is InChI=1S/C15H18N4O2/c1-11(21-12-6-4-3-5-7-12)10-17-14-9-8-13(18-19-14)15(20)16-2/h3-9,11H,10H2,1-2H3,(H,16,20)(H,17,19). The summed E-state index contributed by atoms with van der Waals surface area (Å²) in [7, 11) is 1.55. The third-order valence-electron chi connectivity index (χ3n) is 2.78. The van der Waals surface area contributed by atoms with Gasteiger partial charge in [0.2, 0.25) is 0 Å². The first-order valence-electron chi connectivity index (χ1n) is 6.70. The molecule has 0 aliphatic rings. The smallest absolute Gasteiger partial charge is 0.271 e. The molecule has 0 aliphatic heterocycles. The predicted octanol–water partition coefficient (Wildman–Crippen LogP) is 1.72. The molecule has 2 aromatic rings. The zero-order chi connectivity index (χ0) is 15.1. The maximum Gasteiger partial charge on any atom is 0.271 e. The van der Waals surface area contributed by atoms with Gasteiger partial charge in [0.15, 0.2) is 5.69 Å². The summed E-state index contributed by atoms with van der Waals surface area (Å²) in [5.74, 6) is 1.17. The summed E-state index contributed by atoms with van der Waals surface area (Å²) in [6.45, 7) is 2.55. The summed E-state index contributed by atoms with van der Waals surface area (Å²) in [6.07, 6.45) is -0.0205. The van der Waals surface area contributed by atoms with E-state index in [1.54, 1.807) is 19.2 Å². The molecule has 1 unspecified atom stereocenters. The van der Waals surface area contributed by atoms with E-state index in [1.165, 1.54) is 0 Å². The molecule has 0 spiro atoms. The van der Waals surface area contributed by atoms with E-state index < -0.39 is 0 Å². The minimum absolute atomic E-state index is 0.0205. The zero-order valence-corrected chi connectivity index (χ0v) is 12.0. The molecule has 1 aromatic heterocycles. The van der Waals surface area contributed by atoms with Crippen molar-refractivity contribution in [2.75, 3.05) is 18.9 Å². The Morgan fingerprint density at radius 3 is 2.57 bits per heavy atom. The second kappa shape index (κ2) is 7.23. The molecule has 2 N–H and O–H groups in total. The molecular weight excluding hydrogens is 268 g/mol. The first kappa shape index (κ1) is 14.8. The molecule has 0 saturated carbocycles. The molecule has 0 radical (unpaired) electrons. The number of carbonyl (C=O) groups excluding carboxylic acids is 1. The summed E-state index contributed by atoms with van der Waals surface area (Å²) in [5.41, 5.74) is 0.289. The van der Waals surface area contributed by atoms with Crippen LogP contribution in [-0.2, 0) is 0 Å². The van der Waals surface area contributed by atoms with Gasteiger partial charge in [-0.25, -0.2) is 0 Å². The molecule has 110 valence electrons. The fraction of sp³-hybridized carbons (Fsp3) is 0.267. The van der Waals surface area contributed by atoms with Gasteiger partial charge in [0.1, 0.15) is 17.7 Å². The third-order valence-corrected chi connectivity index (χ3v) is 2.78. The Kier molecular flexibility index (Phi) is 5.09. The highest BCUT2D eigenvalue weighted by Crippen LogP contribution is 2.11. The first-order valence-corrected chi connectivity index (χ1v) is 6.70. The highest BCUT2D eigenvalue weighted by Gasteiger charge is 2.07. The number of nitrogens with zero attached hydrogens (tertiary/aromatic N) is 2. The van der Waals surface area contributed by atoms with Crippen molar-refractivity contribution in [3.63, 3.8) is 0 Å². The maximum absolute atomic E-state index is 11.3. The Hall–Kier alpha value is -2.63. The molecule has 6 heteroatoms. The van der Waals surface area contributed by atoms with Gasteiger partial charge in [-0.3, -0.25) is 4.79 Å². The third kappa shape index (κ3) is 4.45. The van der Waals surface area contributed by atoms with E-state index in [1.807, 2.05) is 37.3 Å². The quantitative estimate of drug-likeness (QED) is 0.845. The Balaban J connectivity index is 1.84. The lowest BCUT2D eigenvalue weighted by atomic mass is 10.3. The Morgan fingerprint density at radius 1 is 1.19 bits per heavy atom. The topological polar surface area (TPSA) is 76.1 Å². The second-order valence-electron chi connectivity index (χ2n) is 4.51. The van der Waals surface area contributed by atoms with E-state index in [4.69, 9.17) is 4.74 Å². The molecule has 0 aliphatic carbocycles. The van der Waals surface area contributed by atoms with E-state index in [0.717, 1.165) is 5.75 Å². The Morgan fingerprint density at radius 2 is 1.95 bits per heavy atom. The highest BCUT2D eigenvalue weighted by molar-refractivity contribution is 5.91. The lowest BCUT2D eigenvalue weighted by Gasteiger charge is -2.15. The van der Waals surface area contributed by atoms with Crippen molar-refractivity contribution >= 4 is 11.7 Å². The SMILES string of the molecule is CNC(=O)c1ccc(NCC(C)Oc2ccccc2)nn1. The van der Waals surface area contributed by atoms with Crippen LogP contribution < -0.4 is 15.4 Å². The molecule has 2 rings (SSSR count). The molecule has 1 aromatic carbocycles. The molecule has 6 nitrogen and oxygen atoms in total. The second-order valence-corrected chi connectivity index (χ2v) is 4.51. The van der Waals surface area contributed by atoms with Crippen molar-refractivity contribution in [2.45, 2.75) is 13.0 Å². The summed E-state index contributed by atoms with van der Waals surface area (Å²) in [4.78, 5) is 11.3. The lowest BCUT2D eigenvalue weighted by Crippen LogP contribution is -2.24. The lowest BCUT2D eigenvalue weighted by molar-refractivity contribution is 0.0957. The van der Waals surface area contributed by atoms with E-state index in [2.05, 4.69) is 20.8 Å². The number of carbonyl (C=O) groups is 1. The van der Waals surface area contributed by atoms with Crippen molar-refractivity contribution < 1.29 is 9.53 Å². The van der Waals surface area contributed by atoms with Gasteiger partial charge >= 0.3 is 0 Å². The summed E-state index contributed by atoms with van der Waals surface area (Å²) >= 11 is 0. The molecule has 21 heavy (non-hydrogen) atoms. The number of aromatic nitrogens is 2. The van der Waals surface area contributed by atoms with Crippen LogP contribution in [-0.4, -0.2) is 35.8 Å². The normalized spacial score (nSPS) is 11.5. The van der Waals surface area contributed by atoms with Gasteiger partial charge in [-0.15, -0.1) is 10.2 Å². The van der Waals surface area contributed by atoms with Gasteiger partial charge in [-0.05, 0) is 31.2 Å². The van der Waals surface area contributed by atoms with Gasteiger partial charge in [0.25, 0.3) is 5.91 Å². The zero-order valence-electron chi connectivity index (χ0n) is 12.0. The fourth-order valence-electron chi connectivity index (χ4n) is 1.70. The first-order chi connectivity index (χ1) is 10.2.